The number of nitrogens with zero attached hydrogens (tertiary/aromatic N) is 1. The summed E-state index contributed by atoms with van der Waals surface area (Å²) in [6, 6.07) is 15.1. The molecule has 2 aromatic carbocycles. The molecule has 0 fully saturated rings. The number of benzene rings is 2. The third-order valence-corrected chi connectivity index (χ3v) is 4.05. The minimum Gasteiger partial charge on any atom is -0.435 e. The Labute approximate surface area is 155 Å². The molecule has 1 unspecified atom stereocenters. The van der Waals surface area contributed by atoms with Gasteiger partial charge >= 0.3 is 6.61 Å². The summed E-state index contributed by atoms with van der Waals surface area (Å²) in [6.45, 7) is -1.02. The van der Waals surface area contributed by atoms with Crippen LogP contribution in [0.2, 0.25) is 0 Å². The third kappa shape index (κ3) is 4.69. The molecule has 0 aliphatic heterocycles. The maximum Gasteiger partial charge on any atom is 0.387 e. The van der Waals surface area contributed by atoms with Crippen molar-refractivity contribution in [3.05, 3.63) is 72.2 Å². The van der Waals surface area contributed by atoms with E-state index in [9.17, 15) is 13.6 Å². The number of aromatic nitrogens is 2. The number of ether oxygens (including phenoxy) is 1. The SMILES string of the molecule is CCC(NC(=O)c1cccc(OC(F)F)c1)c1ncc(-c2ccccc2)[nH]1. The van der Waals surface area contributed by atoms with Gasteiger partial charge in [0.2, 0.25) is 0 Å². The summed E-state index contributed by atoms with van der Waals surface area (Å²) in [4.78, 5) is 20.1. The van der Waals surface area contributed by atoms with Crippen LogP contribution in [0.3, 0.4) is 0 Å². The molecule has 1 aromatic heterocycles. The van der Waals surface area contributed by atoms with Crippen LogP contribution in [0.1, 0.15) is 35.6 Å². The van der Waals surface area contributed by atoms with Crippen LogP contribution in [0.25, 0.3) is 11.3 Å². The van der Waals surface area contributed by atoms with Crippen LogP contribution in [-0.4, -0.2) is 22.5 Å². The van der Waals surface area contributed by atoms with Crippen molar-refractivity contribution < 1.29 is 18.3 Å². The van der Waals surface area contributed by atoms with Crippen LogP contribution in [-0.2, 0) is 0 Å². The van der Waals surface area contributed by atoms with Crippen molar-refractivity contribution in [1.29, 1.82) is 0 Å². The van der Waals surface area contributed by atoms with Gasteiger partial charge in [-0.25, -0.2) is 4.98 Å². The minimum absolute atomic E-state index is 0.0601. The Balaban J connectivity index is 1.74. The monoisotopic (exact) mass is 371 g/mol. The van der Waals surface area contributed by atoms with Gasteiger partial charge < -0.3 is 15.0 Å². The molecule has 140 valence electrons. The van der Waals surface area contributed by atoms with Gasteiger partial charge in [-0.05, 0) is 30.2 Å². The van der Waals surface area contributed by atoms with Crippen LogP contribution >= 0.6 is 0 Å². The summed E-state index contributed by atoms with van der Waals surface area (Å²) in [7, 11) is 0. The fourth-order valence-electron chi connectivity index (χ4n) is 2.70. The van der Waals surface area contributed by atoms with Crippen molar-refractivity contribution in [2.75, 3.05) is 0 Å². The van der Waals surface area contributed by atoms with Crippen LogP contribution in [0.5, 0.6) is 5.75 Å². The predicted molar refractivity (Wildman–Crippen MR) is 97.6 cm³/mol. The van der Waals surface area contributed by atoms with E-state index in [2.05, 4.69) is 20.0 Å². The molecular formula is C20H19F2N3O2. The number of rotatable bonds is 7. The van der Waals surface area contributed by atoms with E-state index in [1.54, 1.807) is 6.20 Å². The molecule has 0 aliphatic rings. The van der Waals surface area contributed by atoms with E-state index in [0.29, 0.717) is 12.2 Å². The first-order valence-electron chi connectivity index (χ1n) is 8.53. The molecule has 3 aromatic rings. The number of alkyl halides is 2. The maximum absolute atomic E-state index is 12.5. The second-order valence-electron chi connectivity index (χ2n) is 5.89. The van der Waals surface area contributed by atoms with E-state index in [0.717, 1.165) is 11.3 Å². The quantitative estimate of drug-likeness (QED) is 0.640. The standard InChI is InChI=1S/C20H19F2N3O2/c1-2-16(18-23-12-17(24-18)13-7-4-3-5-8-13)25-19(26)14-9-6-10-15(11-14)27-20(21)22/h3-12,16,20H,2H2,1H3,(H,23,24)(H,25,26). The fourth-order valence-corrected chi connectivity index (χ4v) is 2.70. The Bertz CT molecular complexity index is 897. The van der Waals surface area contributed by atoms with Crippen molar-refractivity contribution >= 4 is 5.91 Å². The fraction of sp³-hybridized carbons (Fsp3) is 0.200. The van der Waals surface area contributed by atoms with Crippen LogP contribution in [0.15, 0.2) is 60.8 Å². The van der Waals surface area contributed by atoms with Crippen molar-refractivity contribution in [3.8, 4) is 17.0 Å². The molecule has 5 nitrogen and oxygen atoms in total. The molecular weight excluding hydrogens is 352 g/mol. The molecule has 1 amide bonds. The Morgan fingerprint density at radius 2 is 1.96 bits per heavy atom. The molecule has 0 saturated carbocycles. The summed E-state index contributed by atoms with van der Waals surface area (Å²) in [5.74, 6) is 0.180. The second-order valence-corrected chi connectivity index (χ2v) is 5.89. The number of carbonyl (C=O) groups is 1. The lowest BCUT2D eigenvalue weighted by Gasteiger charge is -2.15. The van der Waals surface area contributed by atoms with E-state index in [1.165, 1.54) is 24.3 Å². The normalized spacial score (nSPS) is 12.0. The lowest BCUT2D eigenvalue weighted by molar-refractivity contribution is -0.0498. The van der Waals surface area contributed by atoms with Gasteiger partial charge in [-0.2, -0.15) is 8.78 Å². The Morgan fingerprint density at radius 1 is 1.19 bits per heavy atom. The molecule has 0 spiro atoms. The maximum atomic E-state index is 12.5. The lowest BCUT2D eigenvalue weighted by Crippen LogP contribution is -2.28. The first kappa shape index (κ1) is 18.6. The van der Waals surface area contributed by atoms with E-state index >= 15 is 0 Å². The highest BCUT2D eigenvalue weighted by atomic mass is 19.3. The van der Waals surface area contributed by atoms with Gasteiger partial charge in [-0.3, -0.25) is 4.79 Å². The molecule has 0 aliphatic carbocycles. The Hall–Kier alpha value is -3.22. The summed E-state index contributed by atoms with van der Waals surface area (Å²) in [6.07, 6.45) is 2.33. The number of amides is 1. The molecule has 27 heavy (non-hydrogen) atoms. The highest BCUT2D eigenvalue weighted by Crippen LogP contribution is 2.21. The Morgan fingerprint density at radius 3 is 2.67 bits per heavy atom. The number of halogens is 2. The van der Waals surface area contributed by atoms with Crippen molar-refractivity contribution in [3.63, 3.8) is 0 Å². The highest BCUT2D eigenvalue weighted by molar-refractivity contribution is 5.94. The molecule has 0 saturated heterocycles. The number of hydrogen-bond acceptors (Lipinski definition) is 3. The number of H-pyrrole nitrogens is 1. The lowest BCUT2D eigenvalue weighted by atomic mass is 10.1. The van der Waals surface area contributed by atoms with Crippen LogP contribution < -0.4 is 10.1 Å². The molecule has 3 rings (SSSR count). The molecule has 7 heteroatoms. The summed E-state index contributed by atoms with van der Waals surface area (Å²) in [5.41, 5.74) is 2.08. The molecule has 1 heterocycles. The van der Waals surface area contributed by atoms with Crippen molar-refractivity contribution in [2.45, 2.75) is 26.0 Å². The number of hydrogen-bond donors (Lipinski definition) is 2. The average molecular weight is 371 g/mol. The van der Waals surface area contributed by atoms with Gasteiger partial charge in [-0.15, -0.1) is 0 Å². The van der Waals surface area contributed by atoms with Crippen LogP contribution in [0.4, 0.5) is 8.78 Å². The Kier molecular flexibility index (Phi) is 5.80. The van der Waals surface area contributed by atoms with Gasteiger partial charge in [-0.1, -0.05) is 43.3 Å². The largest absolute Gasteiger partial charge is 0.435 e. The van der Waals surface area contributed by atoms with Gasteiger partial charge in [0.15, 0.2) is 0 Å². The summed E-state index contributed by atoms with van der Waals surface area (Å²) >= 11 is 0. The average Bonchev–Trinajstić information content (AvgIpc) is 3.16. The van der Waals surface area contributed by atoms with Gasteiger partial charge in [0.25, 0.3) is 5.91 Å². The number of carbonyl (C=O) groups excluding carboxylic acids is 1. The van der Waals surface area contributed by atoms with Crippen molar-refractivity contribution in [2.24, 2.45) is 0 Å². The molecule has 2 N–H and O–H groups in total. The predicted octanol–water partition coefficient (Wildman–Crippen LogP) is 4.56. The zero-order valence-corrected chi connectivity index (χ0v) is 14.7. The zero-order chi connectivity index (χ0) is 19.2. The zero-order valence-electron chi connectivity index (χ0n) is 14.7. The smallest absolute Gasteiger partial charge is 0.387 e. The number of nitrogens with one attached hydrogen (secondary N) is 2. The second kappa shape index (κ2) is 8.44. The first-order valence-corrected chi connectivity index (χ1v) is 8.53. The van der Waals surface area contributed by atoms with E-state index < -0.39 is 6.61 Å². The van der Waals surface area contributed by atoms with Gasteiger partial charge in [0, 0.05) is 5.56 Å². The van der Waals surface area contributed by atoms with Crippen LogP contribution in [0, 0.1) is 0 Å². The van der Waals surface area contributed by atoms with Gasteiger partial charge in [0.1, 0.15) is 11.6 Å². The number of imidazole rings is 1. The molecule has 1 atom stereocenters. The topological polar surface area (TPSA) is 67.0 Å². The summed E-state index contributed by atoms with van der Waals surface area (Å²) < 4.78 is 29.0. The minimum atomic E-state index is -2.94. The molecule has 0 radical (unpaired) electrons. The third-order valence-electron chi connectivity index (χ3n) is 4.05. The van der Waals surface area contributed by atoms with E-state index in [-0.39, 0.29) is 23.3 Å². The van der Waals surface area contributed by atoms with E-state index in [1.807, 2.05) is 37.3 Å². The van der Waals surface area contributed by atoms with Crippen molar-refractivity contribution in [1.82, 2.24) is 15.3 Å². The summed E-state index contributed by atoms with van der Waals surface area (Å²) in [5, 5.41) is 2.87. The van der Waals surface area contributed by atoms with E-state index in [4.69, 9.17) is 0 Å². The van der Waals surface area contributed by atoms with Gasteiger partial charge in [0.05, 0.1) is 17.9 Å². The first-order chi connectivity index (χ1) is 13.1. The highest BCUT2D eigenvalue weighted by Gasteiger charge is 2.18. The molecule has 0 bridgehead atoms. The number of aromatic amines is 1.